The zero-order chi connectivity index (χ0) is 24.2. The standard InChI is InChI=1S/C22H26ClN3O6S/c1-14-6-7-15(10-20(14)33(29,30)26-8-4-3-5-9-26)25-21(27)13-32-22(28)16-11-17(23)18(24)12-19(16)31-2/h6-7,10-12H,3-5,8-9,13,24H2,1-2H3,(H,25,27). The maximum absolute atomic E-state index is 13.0. The number of sulfonamides is 1. The van der Waals surface area contributed by atoms with Crippen molar-refractivity contribution in [3.8, 4) is 5.75 Å². The third kappa shape index (κ3) is 5.76. The summed E-state index contributed by atoms with van der Waals surface area (Å²) in [5.74, 6) is -1.29. The number of methoxy groups -OCH3 is 1. The van der Waals surface area contributed by atoms with E-state index in [1.165, 1.54) is 29.6 Å². The van der Waals surface area contributed by atoms with Gasteiger partial charge in [-0.15, -0.1) is 0 Å². The third-order valence-corrected chi connectivity index (χ3v) is 7.65. The van der Waals surface area contributed by atoms with E-state index >= 15 is 0 Å². The van der Waals surface area contributed by atoms with E-state index < -0.39 is 28.5 Å². The second kappa shape index (κ2) is 10.4. The summed E-state index contributed by atoms with van der Waals surface area (Å²) < 4.78 is 37.7. The van der Waals surface area contributed by atoms with Crippen LogP contribution >= 0.6 is 11.6 Å². The first kappa shape index (κ1) is 24.8. The summed E-state index contributed by atoms with van der Waals surface area (Å²) in [6, 6.07) is 7.32. The predicted molar refractivity (Wildman–Crippen MR) is 125 cm³/mol. The molecule has 1 saturated heterocycles. The normalized spacial score (nSPS) is 14.5. The summed E-state index contributed by atoms with van der Waals surface area (Å²) >= 11 is 5.96. The number of nitrogens with two attached hydrogens (primary N) is 1. The molecule has 1 heterocycles. The van der Waals surface area contributed by atoms with Gasteiger partial charge in [0.15, 0.2) is 6.61 Å². The van der Waals surface area contributed by atoms with Crippen molar-refractivity contribution < 1.29 is 27.5 Å². The Labute approximate surface area is 197 Å². The van der Waals surface area contributed by atoms with E-state index in [9.17, 15) is 18.0 Å². The first-order valence-electron chi connectivity index (χ1n) is 10.3. The van der Waals surface area contributed by atoms with Gasteiger partial charge in [0.05, 0.1) is 22.7 Å². The lowest BCUT2D eigenvalue weighted by Gasteiger charge is -2.26. The summed E-state index contributed by atoms with van der Waals surface area (Å²) in [7, 11) is -2.31. The van der Waals surface area contributed by atoms with Crippen LogP contribution in [0.25, 0.3) is 0 Å². The molecule has 178 valence electrons. The molecule has 0 aliphatic carbocycles. The van der Waals surface area contributed by atoms with E-state index in [1.54, 1.807) is 19.1 Å². The van der Waals surface area contributed by atoms with Crippen LogP contribution < -0.4 is 15.8 Å². The van der Waals surface area contributed by atoms with Gasteiger partial charge in [0.25, 0.3) is 5.91 Å². The molecule has 3 N–H and O–H groups in total. The summed E-state index contributed by atoms with van der Waals surface area (Å²) in [6.45, 7) is 2.07. The molecule has 1 aliphatic heterocycles. The Balaban J connectivity index is 1.68. The van der Waals surface area contributed by atoms with E-state index in [-0.39, 0.29) is 32.6 Å². The molecule has 2 aromatic rings. The van der Waals surface area contributed by atoms with Gasteiger partial charge in [-0.2, -0.15) is 4.31 Å². The van der Waals surface area contributed by atoms with Crippen molar-refractivity contribution in [1.82, 2.24) is 4.31 Å². The summed E-state index contributed by atoms with van der Waals surface area (Å²) in [5.41, 5.74) is 6.82. The highest BCUT2D eigenvalue weighted by Crippen LogP contribution is 2.29. The third-order valence-electron chi connectivity index (χ3n) is 5.28. The van der Waals surface area contributed by atoms with Crippen LogP contribution in [0.2, 0.25) is 5.02 Å². The maximum Gasteiger partial charge on any atom is 0.342 e. The number of nitrogens with zero attached hydrogens (tertiary/aromatic N) is 1. The Hall–Kier alpha value is -2.82. The lowest BCUT2D eigenvalue weighted by atomic mass is 10.2. The number of esters is 1. The van der Waals surface area contributed by atoms with Gasteiger partial charge >= 0.3 is 5.97 Å². The number of hydrogen-bond donors (Lipinski definition) is 2. The van der Waals surface area contributed by atoms with E-state index in [2.05, 4.69) is 5.32 Å². The van der Waals surface area contributed by atoms with Gasteiger partial charge in [-0.05, 0) is 43.5 Å². The van der Waals surface area contributed by atoms with E-state index in [4.69, 9.17) is 26.8 Å². The number of halogens is 1. The Morgan fingerprint density at radius 2 is 1.85 bits per heavy atom. The topological polar surface area (TPSA) is 128 Å². The molecule has 1 aliphatic rings. The molecule has 0 aromatic heterocycles. The van der Waals surface area contributed by atoms with E-state index in [0.29, 0.717) is 18.7 Å². The summed E-state index contributed by atoms with van der Waals surface area (Å²) in [4.78, 5) is 24.9. The van der Waals surface area contributed by atoms with Crippen molar-refractivity contribution in [3.05, 3.63) is 46.5 Å². The highest BCUT2D eigenvalue weighted by molar-refractivity contribution is 7.89. The Morgan fingerprint density at radius 1 is 1.15 bits per heavy atom. The largest absolute Gasteiger partial charge is 0.496 e. The fraction of sp³-hybridized carbons (Fsp3) is 0.364. The molecule has 3 rings (SSSR count). The second-order valence-electron chi connectivity index (χ2n) is 7.64. The Morgan fingerprint density at radius 3 is 2.52 bits per heavy atom. The van der Waals surface area contributed by atoms with E-state index in [0.717, 1.165) is 19.3 Å². The van der Waals surface area contributed by atoms with Crippen molar-refractivity contribution in [2.24, 2.45) is 0 Å². The summed E-state index contributed by atoms with van der Waals surface area (Å²) in [5, 5.41) is 2.71. The van der Waals surface area contributed by atoms with Gasteiger partial charge in [-0.3, -0.25) is 4.79 Å². The van der Waals surface area contributed by atoms with Crippen LogP contribution in [-0.4, -0.2) is 51.4 Å². The Kier molecular flexibility index (Phi) is 7.83. The lowest BCUT2D eigenvalue weighted by Crippen LogP contribution is -2.36. The van der Waals surface area contributed by atoms with Gasteiger partial charge in [0, 0.05) is 24.8 Å². The van der Waals surface area contributed by atoms with Crippen LogP contribution in [-0.2, 0) is 19.6 Å². The molecule has 1 amide bonds. The first-order valence-corrected chi connectivity index (χ1v) is 12.2. The molecule has 11 heteroatoms. The lowest BCUT2D eigenvalue weighted by molar-refractivity contribution is -0.119. The fourth-order valence-electron chi connectivity index (χ4n) is 3.50. The number of nitrogen functional groups attached to an aromatic ring is 1. The fourth-order valence-corrected chi connectivity index (χ4v) is 5.44. The highest BCUT2D eigenvalue weighted by Gasteiger charge is 2.27. The van der Waals surface area contributed by atoms with Crippen molar-refractivity contribution >= 4 is 44.9 Å². The van der Waals surface area contributed by atoms with Crippen molar-refractivity contribution in [1.29, 1.82) is 0 Å². The van der Waals surface area contributed by atoms with Crippen molar-refractivity contribution in [2.45, 2.75) is 31.1 Å². The van der Waals surface area contributed by atoms with Crippen LogP contribution in [0.3, 0.4) is 0 Å². The van der Waals surface area contributed by atoms with E-state index in [1.807, 2.05) is 0 Å². The number of ether oxygens (including phenoxy) is 2. The maximum atomic E-state index is 13.0. The van der Waals surface area contributed by atoms with Crippen LogP contribution in [0, 0.1) is 6.92 Å². The molecule has 9 nitrogen and oxygen atoms in total. The minimum atomic E-state index is -3.67. The van der Waals surface area contributed by atoms with Crippen LogP contribution in [0.5, 0.6) is 5.75 Å². The van der Waals surface area contributed by atoms with Crippen molar-refractivity contribution in [3.63, 3.8) is 0 Å². The van der Waals surface area contributed by atoms with Gasteiger partial charge in [0.2, 0.25) is 10.0 Å². The minimum Gasteiger partial charge on any atom is -0.496 e. The molecule has 0 spiro atoms. The van der Waals surface area contributed by atoms with Gasteiger partial charge in [0.1, 0.15) is 11.3 Å². The first-order chi connectivity index (χ1) is 15.6. The number of benzene rings is 2. The number of rotatable bonds is 7. The second-order valence-corrected chi connectivity index (χ2v) is 9.96. The smallest absolute Gasteiger partial charge is 0.342 e. The number of hydrogen-bond acceptors (Lipinski definition) is 7. The molecule has 0 radical (unpaired) electrons. The average Bonchev–Trinajstić information content (AvgIpc) is 2.80. The molecular weight excluding hydrogens is 470 g/mol. The molecule has 0 atom stereocenters. The van der Waals surface area contributed by atoms with Crippen LogP contribution in [0.15, 0.2) is 35.2 Å². The van der Waals surface area contributed by atoms with Gasteiger partial charge < -0.3 is 20.5 Å². The van der Waals surface area contributed by atoms with Crippen LogP contribution in [0.4, 0.5) is 11.4 Å². The molecular formula is C22H26ClN3O6S. The number of anilines is 2. The highest BCUT2D eigenvalue weighted by atomic mass is 35.5. The van der Waals surface area contributed by atoms with Crippen molar-refractivity contribution in [2.75, 3.05) is 37.9 Å². The summed E-state index contributed by atoms with van der Waals surface area (Å²) in [6.07, 6.45) is 2.66. The molecule has 2 aromatic carbocycles. The number of aryl methyl sites for hydroxylation is 1. The molecule has 0 saturated carbocycles. The molecule has 1 fully saturated rings. The van der Waals surface area contributed by atoms with Gasteiger partial charge in [-0.25, -0.2) is 13.2 Å². The Bertz CT molecular complexity index is 1160. The number of amides is 1. The predicted octanol–water partition coefficient (Wildman–Crippen LogP) is 3.21. The van der Waals surface area contributed by atoms with Gasteiger partial charge in [-0.1, -0.05) is 24.1 Å². The zero-order valence-electron chi connectivity index (χ0n) is 18.4. The molecule has 0 unspecified atom stereocenters. The molecule has 0 bridgehead atoms. The quantitative estimate of drug-likeness (QED) is 0.445. The average molecular weight is 496 g/mol. The number of piperidine rings is 1. The minimum absolute atomic E-state index is 0.0229. The number of nitrogens with one attached hydrogen (secondary N) is 1. The van der Waals surface area contributed by atoms with Crippen LogP contribution in [0.1, 0.15) is 35.2 Å². The monoisotopic (exact) mass is 495 g/mol. The SMILES string of the molecule is COc1cc(N)c(Cl)cc1C(=O)OCC(=O)Nc1ccc(C)c(S(=O)(=O)N2CCCCC2)c1. The molecule has 33 heavy (non-hydrogen) atoms. The zero-order valence-corrected chi connectivity index (χ0v) is 20.0. The number of carbonyl (C=O) groups excluding carboxylic acids is 2. The number of carbonyl (C=O) groups is 2.